The third-order valence-electron chi connectivity index (χ3n) is 5.32. The molecular weight excluding hydrogens is 362 g/mol. The van der Waals surface area contributed by atoms with Crippen LogP contribution in [0.4, 0.5) is 10.6 Å². The molecule has 0 unspecified atom stereocenters. The van der Waals surface area contributed by atoms with E-state index >= 15 is 0 Å². The van der Waals surface area contributed by atoms with Crippen molar-refractivity contribution in [3.63, 3.8) is 0 Å². The molecule has 1 aliphatic carbocycles. The lowest BCUT2D eigenvalue weighted by molar-refractivity contribution is 0.226. The second kappa shape index (κ2) is 7.00. The van der Waals surface area contributed by atoms with Crippen LogP contribution in [0.25, 0.3) is 0 Å². The number of anilines is 1. The zero-order valence-corrected chi connectivity index (χ0v) is 16.2. The summed E-state index contributed by atoms with van der Waals surface area (Å²) in [6.45, 7) is 3.42. The molecule has 1 saturated carbocycles. The number of benzene rings is 1. The molecule has 2 aliphatic heterocycles. The third-order valence-corrected chi connectivity index (χ3v) is 5.32. The minimum absolute atomic E-state index is 0. The summed E-state index contributed by atoms with van der Waals surface area (Å²) >= 11 is 0. The van der Waals surface area contributed by atoms with Gasteiger partial charge in [0.15, 0.2) is 11.7 Å². The maximum atomic E-state index is 13.1. The summed E-state index contributed by atoms with van der Waals surface area (Å²) in [4.78, 5) is 29.9. The Balaban J connectivity index is 0.00000180. The fourth-order valence-corrected chi connectivity index (χ4v) is 3.89. The summed E-state index contributed by atoms with van der Waals surface area (Å²) in [5.41, 5.74) is 2.18. The minimum atomic E-state index is 0. The van der Waals surface area contributed by atoms with Gasteiger partial charge in [-0.05, 0) is 31.2 Å². The number of aliphatic imine (C=N–C) groups is 1. The number of fused-ring (bicyclic) bond motifs is 3. The van der Waals surface area contributed by atoms with Crippen molar-refractivity contribution < 1.29 is 4.79 Å². The molecule has 142 valence electrons. The van der Waals surface area contributed by atoms with Crippen LogP contribution in [0, 0.1) is 0 Å². The van der Waals surface area contributed by atoms with Gasteiger partial charge in [-0.15, -0.1) is 12.4 Å². The molecule has 2 aromatic rings. The van der Waals surface area contributed by atoms with E-state index in [-0.39, 0.29) is 24.5 Å². The summed E-state index contributed by atoms with van der Waals surface area (Å²) in [5.74, 6) is 3.08. The molecule has 1 aromatic carbocycles. The first kappa shape index (κ1) is 18.0. The molecule has 0 saturated heterocycles. The van der Waals surface area contributed by atoms with Gasteiger partial charge in [-0.2, -0.15) is 0 Å². The van der Waals surface area contributed by atoms with Crippen LogP contribution in [0.1, 0.15) is 49.2 Å². The van der Waals surface area contributed by atoms with E-state index in [0.29, 0.717) is 19.0 Å². The Bertz CT molecular complexity index is 874. The van der Waals surface area contributed by atoms with Gasteiger partial charge in [-0.25, -0.2) is 9.78 Å². The first-order valence-electron chi connectivity index (χ1n) is 9.55. The number of carbonyl (C=O) groups is 1. The predicted molar refractivity (Wildman–Crippen MR) is 108 cm³/mol. The number of rotatable bonds is 5. The molecule has 1 N–H and O–H groups in total. The van der Waals surface area contributed by atoms with E-state index in [9.17, 15) is 4.79 Å². The number of nitrogens with zero attached hydrogens (tertiary/aromatic N) is 4. The average Bonchev–Trinajstić information content (AvgIpc) is 3.27. The Morgan fingerprint density at radius 2 is 2.00 bits per heavy atom. The Morgan fingerprint density at radius 1 is 1.22 bits per heavy atom. The first-order valence-corrected chi connectivity index (χ1v) is 9.55. The van der Waals surface area contributed by atoms with Crippen LogP contribution in [-0.2, 0) is 6.42 Å². The number of urea groups is 1. The van der Waals surface area contributed by atoms with Gasteiger partial charge in [0.25, 0.3) is 0 Å². The quantitative estimate of drug-likeness (QED) is 0.852. The molecule has 27 heavy (non-hydrogen) atoms. The number of amides is 2. The molecular formula is C20H24ClN5O. The highest BCUT2D eigenvalue weighted by molar-refractivity contribution is 6.18. The van der Waals surface area contributed by atoms with Crippen molar-refractivity contribution in [3.05, 3.63) is 47.4 Å². The van der Waals surface area contributed by atoms with Crippen molar-refractivity contribution in [3.8, 4) is 0 Å². The highest BCUT2D eigenvalue weighted by atomic mass is 35.5. The lowest BCUT2D eigenvalue weighted by Gasteiger charge is -2.32. The zero-order chi connectivity index (χ0) is 17.7. The topological polar surface area (TPSA) is 64.6 Å². The fourth-order valence-electron chi connectivity index (χ4n) is 3.89. The molecule has 3 heterocycles. The van der Waals surface area contributed by atoms with Gasteiger partial charge in [-0.1, -0.05) is 37.3 Å². The largest absolute Gasteiger partial charge is 0.337 e. The fraction of sp³-hybridized carbons (Fsp3) is 0.450. The molecule has 0 bridgehead atoms. The van der Waals surface area contributed by atoms with Crippen molar-refractivity contribution in [2.75, 3.05) is 18.0 Å². The van der Waals surface area contributed by atoms with E-state index < -0.39 is 0 Å². The van der Waals surface area contributed by atoms with Gasteiger partial charge < -0.3 is 4.98 Å². The van der Waals surface area contributed by atoms with Gasteiger partial charge >= 0.3 is 6.03 Å². The van der Waals surface area contributed by atoms with Crippen molar-refractivity contribution in [2.45, 2.75) is 44.6 Å². The number of imidazole rings is 1. The number of aromatic amines is 1. The molecule has 3 aliphatic rings. The second-order valence-electron chi connectivity index (χ2n) is 7.44. The number of amidine groups is 1. The molecule has 0 spiro atoms. The summed E-state index contributed by atoms with van der Waals surface area (Å²) in [6, 6.07) is 10.5. The lowest BCUT2D eigenvalue weighted by atomic mass is 10.1. The summed E-state index contributed by atoms with van der Waals surface area (Å²) in [6.07, 6.45) is 4.12. The Hall–Kier alpha value is -2.34. The standard InChI is InChI=1S/C20H23N5O.ClH/c1-2-10-24-19-16(22-17(23-19)14-8-9-14)18-21-15(12-25(18)20(24)26)11-13-6-4-3-5-7-13;/h3-7,14-15H,2,8-12H2,1H3,(H,22,23);1H/t15-;/m1./s1. The smallest absolute Gasteiger partial charge is 0.331 e. The van der Waals surface area contributed by atoms with Crippen LogP contribution in [-0.4, -0.2) is 45.9 Å². The van der Waals surface area contributed by atoms with Crippen LogP contribution in [0.5, 0.6) is 0 Å². The number of halogens is 1. The van der Waals surface area contributed by atoms with E-state index in [1.807, 2.05) is 28.0 Å². The maximum Gasteiger partial charge on any atom is 0.331 e. The summed E-state index contributed by atoms with van der Waals surface area (Å²) < 4.78 is 0. The predicted octanol–water partition coefficient (Wildman–Crippen LogP) is 3.73. The number of hydrogen-bond donors (Lipinski definition) is 1. The molecule has 0 radical (unpaired) electrons. The van der Waals surface area contributed by atoms with Crippen LogP contribution < -0.4 is 4.90 Å². The molecule has 7 heteroatoms. The third kappa shape index (κ3) is 3.12. The van der Waals surface area contributed by atoms with Crippen LogP contribution in [0.15, 0.2) is 35.3 Å². The van der Waals surface area contributed by atoms with Crippen LogP contribution >= 0.6 is 12.4 Å². The van der Waals surface area contributed by atoms with E-state index in [4.69, 9.17) is 9.98 Å². The molecule has 1 atom stereocenters. The van der Waals surface area contributed by atoms with Crippen molar-refractivity contribution >= 4 is 30.1 Å². The zero-order valence-electron chi connectivity index (χ0n) is 15.4. The van der Waals surface area contributed by atoms with Crippen LogP contribution in [0.3, 0.4) is 0 Å². The molecule has 2 amide bonds. The Labute approximate surface area is 165 Å². The van der Waals surface area contributed by atoms with Gasteiger partial charge in [0.1, 0.15) is 11.5 Å². The first-order chi connectivity index (χ1) is 12.7. The highest BCUT2D eigenvalue weighted by Gasteiger charge is 2.43. The molecule has 1 aromatic heterocycles. The van der Waals surface area contributed by atoms with Crippen LogP contribution in [0.2, 0.25) is 0 Å². The van der Waals surface area contributed by atoms with E-state index in [1.54, 1.807) is 0 Å². The normalized spacial score (nSPS) is 20.9. The molecule has 1 fully saturated rings. The van der Waals surface area contributed by atoms with Crippen molar-refractivity contribution in [2.24, 2.45) is 4.99 Å². The number of aromatic nitrogens is 2. The van der Waals surface area contributed by atoms with Gasteiger partial charge in [0, 0.05) is 12.5 Å². The Kier molecular flexibility index (Phi) is 4.68. The lowest BCUT2D eigenvalue weighted by Crippen LogP contribution is -2.50. The average molecular weight is 386 g/mol. The van der Waals surface area contributed by atoms with Gasteiger partial charge in [-0.3, -0.25) is 14.8 Å². The number of hydrogen-bond acceptors (Lipinski definition) is 3. The molecule has 5 rings (SSSR count). The number of carbonyl (C=O) groups excluding carboxylic acids is 1. The molecule has 6 nitrogen and oxygen atoms in total. The summed E-state index contributed by atoms with van der Waals surface area (Å²) in [7, 11) is 0. The maximum absolute atomic E-state index is 13.1. The van der Waals surface area contributed by atoms with Crippen molar-refractivity contribution in [1.29, 1.82) is 0 Å². The SMILES string of the molecule is CCCN1C(=O)N2C[C@@H](Cc3ccccc3)N=C2c2[nH]c(C3CC3)nc21.Cl. The second-order valence-corrected chi connectivity index (χ2v) is 7.44. The Morgan fingerprint density at radius 3 is 2.70 bits per heavy atom. The number of nitrogens with one attached hydrogen (secondary N) is 1. The van der Waals surface area contributed by atoms with Gasteiger partial charge in [0.2, 0.25) is 0 Å². The highest BCUT2D eigenvalue weighted by Crippen LogP contribution is 2.41. The monoisotopic (exact) mass is 385 g/mol. The number of H-pyrrole nitrogens is 1. The van der Waals surface area contributed by atoms with E-state index in [2.05, 4.69) is 24.0 Å². The minimum Gasteiger partial charge on any atom is -0.337 e. The van der Waals surface area contributed by atoms with Crippen molar-refractivity contribution in [1.82, 2.24) is 14.9 Å². The van der Waals surface area contributed by atoms with E-state index in [1.165, 1.54) is 18.4 Å². The summed E-state index contributed by atoms with van der Waals surface area (Å²) in [5, 5.41) is 0. The van der Waals surface area contributed by atoms with Gasteiger partial charge in [0.05, 0.1) is 12.6 Å². The van der Waals surface area contributed by atoms with E-state index in [0.717, 1.165) is 36.0 Å².